The molecule has 15 heavy (non-hydrogen) atoms. The first-order chi connectivity index (χ1) is 7.20. The predicted molar refractivity (Wildman–Crippen MR) is 58.8 cm³/mol. The van der Waals surface area contributed by atoms with Crippen LogP contribution in [0.5, 0.6) is 5.75 Å². The molecule has 2 rings (SSSR count). The van der Waals surface area contributed by atoms with Gasteiger partial charge in [0.05, 0.1) is 12.8 Å². The molecule has 1 N–H and O–H groups in total. The van der Waals surface area contributed by atoms with Gasteiger partial charge in [-0.15, -0.1) is 0 Å². The van der Waals surface area contributed by atoms with Crippen molar-refractivity contribution in [3.8, 4) is 5.75 Å². The molecular weight excluding hydrogens is 193 g/mol. The maximum atomic E-state index is 13.4. The summed E-state index contributed by atoms with van der Waals surface area (Å²) in [6, 6.07) is 5.10. The number of rotatable bonds is 4. The van der Waals surface area contributed by atoms with Crippen LogP contribution in [0.25, 0.3) is 0 Å². The van der Waals surface area contributed by atoms with E-state index in [0.29, 0.717) is 23.4 Å². The molecule has 3 heteroatoms. The quantitative estimate of drug-likeness (QED) is 0.823. The number of hydrogen-bond donors (Lipinski definition) is 1. The molecule has 0 bridgehead atoms. The van der Waals surface area contributed by atoms with Crippen LogP contribution in [0.1, 0.15) is 19.8 Å². The van der Waals surface area contributed by atoms with E-state index in [-0.39, 0.29) is 5.82 Å². The van der Waals surface area contributed by atoms with Crippen molar-refractivity contribution in [2.45, 2.75) is 25.8 Å². The lowest BCUT2D eigenvalue weighted by Gasteiger charge is -2.15. The zero-order valence-corrected chi connectivity index (χ0v) is 9.09. The molecule has 1 fully saturated rings. The standard InChI is InChI=1S/C12H16FNO/c1-8(9-3-4-9)14-12-7-10(15-2)5-6-11(12)13/h5-9,14H,3-4H2,1-2H3/t8-/m0/s1. The van der Waals surface area contributed by atoms with Gasteiger partial charge in [0.1, 0.15) is 11.6 Å². The molecule has 1 atom stereocenters. The van der Waals surface area contributed by atoms with E-state index in [1.165, 1.54) is 18.9 Å². The van der Waals surface area contributed by atoms with Gasteiger partial charge in [-0.25, -0.2) is 4.39 Å². The van der Waals surface area contributed by atoms with Crippen molar-refractivity contribution in [1.29, 1.82) is 0 Å². The van der Waals surface area contributed by atoms with Gasteiger partial charge in [-0.1, -0.05) is 0 Å². The Balaban J connectivity index is 2.11. The molecule has 0 aromatic heterocycles. The average Bonchev–Trinajstić information content (AvgIpc) is 3.04. The lowest BCUT2D eigenvalue weighted by Crippen LogP contribution is -2.18. The molecule has 0 aliphatic heterocycles. The van der Waals surface area contributed by atoms with Crippen molar-refractivity contribution in [2.75, 3.05) is 12.4 Å². The van der Waals surface area contributed by atoms with Crippen LogP contribution in [-0.4, -0.2) is 13.2 Å². The molecule has 2 nitrogen and oxygen atoms in total. The van der Waals surface area contributed by atoms with Crippen molar-refractivity contribution < 1.29 is 9.13 Å². The minimum absolute atomic E-state index is 0.219. The highest BCUT2D eigenvalue weighted by atomic mass is 19.1. The Kier molecular flexibility index (Phi) is 2.80. The Hall–Kier alpha value is -1.25. The average molecular weight is 209 g/mol. The monoisotopic (exact) mass is 209 g/mol. The van der Waals surface area contributed by atoms with Crippen LogP contribution in [-0.2, 0) is 0 Å². The van der Waals surface area contributed by atoms with E-state index < -0.39 is 0 Å². The Bertz CT molecular complexity index is 349. The summed E-state index contributed by atoms with van der Waals surface area (Å²) in [6.45, 7) is 2.09. The van der Waals surface area contributed by atoms with Crippen LogP contribution < -0.4 is 10.1 Å². The van der Waals surface area contributed by atoms with E-state index in [1.54, 1.807) is 19.2 Å². The number of ether oxygens (including phenoxy) is 1. The predicted octanol–water partition coefficient (Wildman–Crippen LogP) is 3.04. The number of hydrogen-bond acceptors (Lipinski definition) is 2. The van der Waals surface area contributed by atoms with Crippen LogP contribution in [0.15, 0.2) is 18.2 Å². The van der Waals surface area contributed by atoms with E-state index in [4.69, 9.17) is 4.74 Å². The second kappa shape index (κ2) is 4.09. The Morgan fingerprint density at radius 2 is 2.20 bits per heavy atom. The summed E-state index contributed by atoms with van der Waals surface area (Å²) in [5.41, 5.74) is 0.536. The van der Waals surface area contributed by atoms with Crippen molar-refractivity contribution in [3.05, 3.63) is 24.0 Å². The van der Waals surface area contributed by atoms with Crippen LogP contribution in [0, 0.1) is 11.7 Å². The first-order valence-corrected chi connectivity index (χ1v) is 5.31. The fraction of sp³-hybridized carbons (Fsp3) is 0.500. The van der Waals surface area contributed by atoms with Crippen LogP contribution in [0.3, 0.4) is 0 Å². The van der Waals surface area contributed by atoms with Gasteiger partial charge in [0.15, 0.2) is 0 Å². The topological polar surface area (TPSA) is 21.3 Å². The molecule has 0 saturated heterocycles. The van der Waals surface area contributed by atoms with Gasteiger partial charge in [-0.3, -0.25) is 0 Å². The van der Waals surface area contributed by atoms with Crippen molar-refractivity contribution in [2.24, 2.45) is 5.92 Å². The van der Waals surface area contributed by atoms with Gasteiger partial charge >= 0.3 is 0 Å². The third-order valence-electron chi connectivity index (χ3n) is 2.89. The molecule has 1 aliphatic carbocycles. The van der Waals surface area contributed by atoms with Gasteiger partial charge < -0.3 is 10.1 Å². The maximum Gasteiger partial charge on any atom is 0.146 e. The van der Waals surface area contributed by atoms with E-state index >= 15 is 0 Å². The zero-order chi connectivity index (χ0) is 10.8. The fourth-order valence-electron chi connectivity index (χ4n) is 1.70. The van der Waals surface area contributed by atoms with E-state index in [1.807, 2.05) is 0 Å². The Labute approximate surface area is 89.4 Å². The summed E-state index contributed by atoms with van der Waals surface area (Å²) in [5, 5.41) is 3.19. The number of halogens is 1. The summed E-state index contributed by atoms with van der Waals surface area (Å²) in [6.07, 6.45) is 2.50. The molecule has 0 heterocycles. The Morgan fingerprint density at radius 1 is 1.47 bits per heavy atom. The van der Waals surface area contributed by atoms with Crippen molar-refractivity contribution >= 4 is 5.69 Å². The first kappa shape index (κ1) is 10.3. The van der Waals surface area contributed by atoms with Gasteiger partial charge in [-0.2, -0.15) is 0 Å². The number of methoxy groups -OCH3 is 1. The SMILES string of the molecule is COc1ccc(F)c(N[C@@H](C)C2CC2)c1. The molecule has 1 saturated carbocycles. The van der Waals surface area contributed by atoms with Gasteiger partial charge in [0.2, 0.25) is 0 Å². The van der Waals surface area contributed by atoms with Gasteiger partial charge in [-0.05, 0) is 37.8 Å². The molecule has 82 valence electrons. The third-order valence-corrected chi connectivity index (χ3v) is 2.89. The molecule has 1 aliphatic rings. The second-order valence-electron chi connectivity index (χ2n) is 4.12. The molecular formula is C12H16FNO. The summed E-state index contributed by atoms with van der Waals surface area (Å²) in [7, 11) is 1.58. The van der Waals surface area contributed by atoms with Crippen molar-refractivity contribution in [3.63, 3.8) is 0 Å². The number of anilines is 1. The van der Waals surface area contributed by atoms with Crippen LogP contribution in [0.2, 0.25) is 0 Å². The van der Waals surface area contributed by atoms with E-state index in [0.717, 1.165) is 0 Å². The fourth-order valence-corrected chi connectivity index (χ4v) is 1.70. The summed E-state index contributed by atoms with van der Waals surface area (Å²) in [4.78, 5) is 0. The number of nitrogens with one attached hydrogen (secondary N) is 1. The highest BCUT2D eigenvalue weighted by molar-refractivity contribution is 5.50. The highest BCUT2D eigenvalue weighted by Crippen LogP contribution is 2.34. The largest absolute Gasteiger partial charge is 0.497 e. The smallest absolute Gasteiger partial charge is 0.146 e. The van der Waals surface area contributed by atoms with E-state index in [2.05, 4.69) is 12.2 Å². The molecule has 1 aromatic carbocycles. The summed E-state index contributed by atoms with van der Waals surface area (Å²) >= 11 is 0. The molecule has 0 radical (unpaired) electrons. The minimum Gasteiger partial charge on any atom is -0.497 e. The second-order valence-corrected chi connectivity index (χ2v) is 4.12. The minimum atomic E-state index is -0.219. The molecule has 0 amide bonds. The zero-order valence-electron chi connectivity index (χ0n) is 9.09. The summed E-state index contributed by atoms with van der Waals surface area (Å²) in [5.74, 6) is 1.17. The number of benzene rings is 1. The maximum absolute atomic E-state index is 13.4. The summed E-state index contributed by atoms with van der Waals surface area (Å²) < 4.78 is 18.5. The van der Waals surface area contributed by atoms with Crippen LogP contribution >= 0.6 is 0 Å². The molecule has 1 aromatic rings. The normalized spacial score (nSPS) is 17.3. The van der Waals surface area contributed by atoms with Gasteiger partial charge in [0, 0.05) is 12.1 Å². The van der Waals surface area contributed by atoms with Crippen molar-refractivity contribution in [1.82, 2.24) is 0 Å². The molecule has 0 unspecified atom stereocenters. The van der Waals surface area contributed by atoms with Gasteiger partial charge in [0.25, 0.3) is 0 Å². The highest BCUT2D eigenvalue weighted by Gasteiger charge is 2.28. The molecule has 0 spiro atoms. The Morgan fingerprint density at radius 3 is 2.80 bits per heavy atom. The lowest BCUT2D eigenvalue weighted by molar-refractivity contribution is 0.414. The third kappa shape index (κ3) is 2.41. The first-order valence-electron chi connectivity index (χ1n) is 5.31. The van der Waals surface area contributed by atoms with Crippen LogP contribution in [0.4, 0.5) is 10.1 Å². The van der Waals surface area contributed by atoms with E-state index in [9.17, 15) is 4.39 Å². The lowest BCUT2D eigenvalue weighted by atomic mass is 10.2.